The Bertz CT molecular complexity index is 571. The van der Waals surface area contributed by atoms with Crippen molar-refractivity contribution in [3.63, 3.8) is 0 Å². The molecule has 0 aromatic heterocycles. The maximum atomic E-state index is 12.8. The molecule has 0 N–H and O–H groups in total. The van der Waals surface area contributed by atoms with Crippen LogP contribution in [0.4, 0.5) is 4.39 Å². The van der Waals surface area contributed by atoms with E-state index < -0.39 is 0 Å². The van der Waals surface area contributed by atoms with Gasteiger partial charge in [0.2, 0.25) is 5.91 Å². The molecule has 0 unspecified atom stereocenters. The highest BCUT2D eigenvalue weighted by molar-refractivity contribution is 7.99. The quantitative estimate of drug-likeness (QED) is 0.810. The summed E-state index contributed by atoms with van der Waals surface area (Å²) in [6, 6.07) is 16.3. The van der Waals surface area contributed by atoms with Crippen molar-refractivity contribution < 1.29 is 9.18 Å². The number of hydrogen-bond acceptors (Lipinski definition) is 2. The molecule has 2 aromatic rings. The minimum atomic E-state index is -0.258. The molecule has 0 radical (unpaired) electrons. The summed E-state index contributed by atoms with van der Waals surface area (Å²) in [5.74, 6) is 1.11. The van der Waals surface area contributed by atoms with Crippen molar-refractivity contribution in [1.29, 1.82) is 0 Å². The second-order valence-electron chi connectivity index (χ2n) is 4.85. The Morgan fingerprint density at radius 3 is 2.38 bits per heavy atom. The van der Waals surface area contributed by atoms with E-state index in [-0.39, 0.29) is 11.7 Å². The topological polar surface area (TPSA) is 20.3 Å². The van der Waals surface area contributed by atoms with Crippen LogP contribution in [-0.4, -0.2) is 23.6 Å². The van der Waals surface area contributed by atoms with Gasteiger partial charge in [0.1, 0.15) is 5.82 Å². The molecule has 0 heterocycles. The van der Waals surface area contributed by atoms with Crippen LogP contribution >= 0.6 is 11.8 Å². The lowest BCUT2D eigenvalue weighted by Crippen LogP contribution is -2.27. The van der Waals surface area contributed by atoms with Crippen molar-refractivity contribution in [2.45, 2.75) is 12.3 Å². The van der Waals surface area contributed by atoms with Crippen LogP contribution in [0.2, 0.25) is 0 Å². The van der Waals surface area contributed by atoms with Gasteiger partial charge in [0.05, 0.1) is 5.75 Å². The summed E-state index contributed by atoms with van der Waals surface area (Å²) < 4.78 is 12.8. The highest BCUT2D eigenvalue weighted by Crippen LogP contribution is 2.13. The molecule has 0 spiro atoms. The molecule has 0 aliphatic carbocycles. The zero-order valence-corrected chi connectivity index (χ0v) is 12.8. The fourth-order valence-electron chi connectivity index (χ4n) is 1.89. The van der Waals surface area contributed by atoms with Crippen LogP contribution in [0, 0.1) is 5.82 Å². The average Bonchev–Trinajstić information content (AvgIpc) is 2.50. The van der Waals surface area contributed by atoms with Crippen LogP contribution in [-0.2, 0) is 17.1 Å². The first-order chi connectivity index (χ1) is 10.1. The lowest BCUT2D eigenvalue weighted by molar-refractivity contribution is -0.127. The van der Waals surface area contributed by atoms with Gasteiger partial charge in [0.15, 0.2) is 0 Å². The first kappa shape index (κ1) is 15.6. The van der Waals surface area contributed by atoms with E-state index in [1.165, 1.54) is 17.7 Å². The van der Waals surface area contributed by atoms with E-state index >= 15 is 0 Å². The number of carbonyl (C=O) groups excluding carboxylic acids is 1. The molecule has 2 nitrogen and oxygen atoms in total. The summed E-state index contributed by atoms with van der Waals surface area (Å²) in [6.07, 6.45) is 0. The minimum Gasteiger partial charge on any atom is -0.341 e. The largest absolute Gasteiger partial charge is 0.341 e. The van der Waals surface area contributed by atoms with Gasteiger partial charge in [0.25, 0.3) is 0 Å². The van der Waals surface area contributed by atoms with Gasteiger partial charge in [-0.1, -0.05) is 42.5 Å². The Morgan fingerprint density at radius 1 is 1.05 bits per heavy atom. The fourth-order valence-corrected chi connectivity index (χ4v) is 2.82. The summed E-state index contributed by atoms with van der Waals surface area (Å²) >= 11 is 1.60. The van der Waals surface area contributed by atoms with Crippen LogP contribution in [0.15, 0.2) is 54.6 Å². The first-order valence-electron chi connectivity index (χ1n) is 6.75. The van der Waals surface area contributed by atoms with Crippen LogP contribution in [0.3, 0.4) is 0 Å². The molecule has 2 rings (SSSR count). The van der Waals surface area contributed by atoms with Crippen LogP contribution < -0.4 is 0 Å². The highest BCUT2D eigenvalue weighted by Gasteiger charge is 2.09. The molecule has 1 amide bonds. The van der Waals surface area contributed by atoms with E-state index in [1.54, 1.807) is 35.8 Å². The zero-order valence-electron chi connectivity index (χ0n) is 12.0. The molecule has 0 aliphatic rings. The van der Waals surface area contributed by atoms with Gasteiger partial charge >= 0.3 is 0 Å². The summed E-state index contributed by atoms with van der Waals surface area (Å²) in [6.45, 7) is 0.505. The van der Waals surface area contributed by atoms with Crippen LogP contribution in [0.25, 0.3) is 0 Å². The molecule has 0 saturated carbocycles. The first-order valence-corrected chi connectivity index (χ1v) is 7.90. The number of halogens is 1. The van der Waals surface area contributed by atoms with Crippen molar-refractivity contribution in [2.24, 2.45) is 0 Å². The van der Waals surface area contributed by atoms with E-state index in [0.717, 1.165) is 11.3 Å². The van der Waals surface area contributed by atoms with Gasteiger partial charge in [-0.15, -0.1) is 11.8 Å². The Kier molecular flexibility index (Phi) is 5.81. The SMILES string of the molecule is CN(Cc1ccc(F)cc1)C(=O)CSCc1ccccc1. The van der Waals surface area contributed by atoms with E-state index in [1.807, 2.05) is 18.2 Å². The Hall–Kier alpha value is -1.81. The lowest BCUT2D eigenvalue weighted by atomic mass is 10.2. The van der Waals surface area contributed by atoms with Gasteiger partial charge in [-0.25, -0.2) is 4.39 Å². The second-order valence-corrected chi connectivity index (χ2v) is 5.84. The molecule has 0 atom stereocenters. The lowest BCUT2D eigenvalue weighted by Gasteiger charge is -2.17. The van der Waals surface area contributed by atoms with Crippen molar-refractivity contribution in [3.8, 4) is 0 Å². The summed E-state index contributed by atoms with van der Waals surface area (Å²) in [5.41, 5.74) is 2.15. The van der Waals surface area contributed by atoms with E-state index in [2.05, 4.69) is 12.1 Å². The van der Waals surface area contributed by atoms with Gasteiger partial charge in [-0.05, 0) is 23.3 Å². The van der Waals surface area contributed by atoms with Gasteiger partial charge < -0.3 is 4.90 Å². The Morgan fingerprint density at radius 2 is 1.71 bits per heavy atom. The molecular weight excluding hydrogens is 285 g/mol. The third-order valence-electron chi connectivity index (χ3n) is 3.10. The van der Waals surface area contributed by atoms with Gasteiger partial charge in [-0.2, -0.15) is 0 Å². The predicted molar refractivity (Wildman–Crippen MR) is 85.5 cm³/mol. The molecule has 0 bridgehead atoms. The summed E-state index contributed by atoms with van der Waals surface area (Å²) in [7, 11) is 1.77. The molecule has 0 saturated heterocycles. The Balaban J connectivity index is 1.76. The van der Waals surface area contributed by atoms with Crippen molar-refractivity contribution in [1.82, 2.24) is 4.90 Å². The van der Waals surface area contributed by atoms with Crippen LogP contribution in [0.1, 0.15) is 11.1 Å². The van der Waals surface area contributed by atoms with Gasteiger partial charge in [-0.3, -0.25) is 4.79 Å². The van der Waals surface area contributed by atoms with Crippen molar-refractivity contribution in [3.05, 3.63) is 71.5 Å². The maximum Gasteiger partial charge on any atom is 0.232 e. The molecule has 0 aliphatic heterocycles. The number of thioether (sulfide) groups is 1. The van der Waals surface area contributed by atoms with E-state index in [0.29, 0.717) is 12.3 Å². The Labute approximate surface area is 129 Å². The second kappa shape index (κ2) is 7.84. The van der Waals surface area contributed by atoms with Crippen LogP contribution in [0.5, 0.6) is 0 Å². The molecule has 21 heavy (non-hydrogen) atoms. The number of benzene rings is 2. The van der Waals surface area contributed by atoms with E-state index in [4.69, 9.17) is 0 Å². The van der Waals surface area contributed by atoms with E-state index in [9.17, 15) is 9.18 Å². The third-order valence-corrected chi connectivity index (χ3v) is 4.08. The zero-order chi connectivity index (χ0) is 15.1. The number of nitrogens with zero attached hydrogens (tertiary/aromatic N) is 1. The minimum absolute atomic E-state index is 0.0836. The molecule has 2 aromatic carbocycles. The molecule has 110 valence electrons. The third kappa shape index (κ3) is 5.23. The number of carbonyl (C=O) groups is 1. The van der Waals surface area contributed by atoms with Crippen molar-refractivity contribution >= 4 is 17.7 Å². The predicted octanol–water partition coefficient (Wildman–Crippen LogP) is 3.72. The van der Waals surface area contributed by atoms with Crippen molar-refractivity contribution in [2.75, 3.05) is 12.8 Å². The molecule has 4 heteroatoms. The highest BCUT2D eigenvalue weighted by atomic mass is 32.2. The maximum absolute atomic E-state index is 12.8. The monoisotopic (exact) mass is 303 g/mol. The normalized spacial score (nSPS) is 10.4. The van der Waals surface area contributed by atoms with Gasteiger partial charge in [0, 0.05) is 19.3 Å². The average molecular weight is 303 g/mol. The smallest absolute Gasteiger partial charge is 0.232 e. The summed E-state index contributed by atoms with van der Waals surface area (Å²) in [4.78, 5) is 13.7. The number of amides is 1. The number of hydrogen-bond donors (Lipinski definition) is 0. The standard InChI is InChI=1S/C17H18FNOS/c1-19(11-14-7-9-16(18)10-8-14)17(20)13-21-12-15-5-3-2-4-6-15/h2-10H,11-13H2,1H3. The fraction of sp³-hybridized carbons (Fsp3) is 0.235. The molecular formula is C17H18FNOS. The summed E-state index contributed by atoms with van der Waals surface area (Å²) in [5, 5.41) is 0. The molecule has 0 fully saturated rings. The number of rotatable bonds is 6.